The Bertz CT molecular complexity index is 1160. The zero-order chi connectivity index (χ0) is 40.3. The van der Waals surface area contributed by atoms with Gasteiger partial charge < -0.3 is 37.9 Å². The number of hydrogen-bond acceptors (Lipinski definition) is 9. The molecular formula is C41H67B5O8S. The average molecular weight is 774 g/mol. The van der Waals surface area contributed by atoms with Gasteiger partial charge in [0.05, 0.1) is 59.5 Å². The van der Waals surface area contributed by atoms with Crippen LogP contribution in [0.4, 0.5) is 0 Å². The van der Waals surface area contributed by atoms with E-state index in [1.165, 1.54) is 12.8 Å². The molecular weight excluding hydrogens is 707 g/mol. The van der Waals surface area contributed by atoms with E-state index in [1.54, 1.807) is 0 Å². The molecule has 9 saturated heterocycles. The van der Waals surface area contributed by atoms with E-state index < -0.39 is 0 Å². The van der Waals surface area contributed by atoms with Crippen molar-refractivity contribution < 1.29 is 37.9 Å². The van der Waals surface area contributed by atoms with Crippen molar-refractivity contribution in [2.75, 3.05) is 25.6 Å². The molecule has 9 aliphatic heterocycles. The molecule has 10 rings (SSSR count). The first-order chi connectivity index (χ1) is 25.9. The topological polar surface area (TPSA) is 73.8 Å². The molecule has 14 heteroatoms. The van der Waals surface area contributed by atoms with Gasteiger partial charge in [0.1, 0.15) is 39.2 Å². The van der Waals surface area contributed by atoms with Gasteiger partial charge in [-0.25, -0.2) is 0 Å². The largest absolute Gasteiger partial charge is 0.381 e. The first-order valence-corrected chi connectivity index (χ1v) is 22.6. The number of ether oxygens (including phenoxy) is 8. The van der Waals surface area contributed by atoms with E-state index in [-0.39, 0.29) is 76.3 Å². The van der Waals surface area contributed by atoms with Crippen LogP contribution < -0.4 is 0 Å². The number of fused-ring (bicyclic) bond motifs is 10. The second-order valence-electron chi connectivity index (χ2n) is 18.5. The second-order valence-corrected chi connectivity index (χ2v) is 19.6. The highest BCUT2D eigenvalue weighted by atomic mass is 32.2. The maximum absolute atomic E-state index is 5.85. The lowest BCUT2D eigenvalue weighted by Crippen LogP contribution is -2.40. The third-order valence-electron chi connectivity index (χ3n) is 16.3. The molecule has 1 aliphatic carbocycles. The van der Waals surface area contributed by atoms with Crippen LogP contribution in [0.25, 0.3) is 0 Å². The number of rotatable bonds is 4. The predicted octanol–water partition coefficient (Wildman–Crippen LogP) is 5.20. The second kappa shape index (κ2) is 17.0. The molecule has 10 fully saturated rings. The molecule has 0 aromatic carbocycles. The molecule has 0 N–H and O–H groups in total. The maximum atomic E-state index is 5.85. The Morgan fingerprint density at radius 3 is 1.25 bits per heavy atom. The van der Waals surface area contributed by atoms with Crippen molar-refractivity contribution in [3.05, 3.63) is 0 Å². The van der Waals surface area contributed by atoms with Crippen LogP contribution in [-0.4, -0.2) is 146 Å². The summed E-state index contributed by atoms with van der Waals surface area (Å²) < 4.78 is 45.1. The molecule has 10 bridgehead atoms. The Morgan fingerprint density at radius 2 is 0.982 bits per heavy atom. The normalized spacial score (nSPS) is 55.5. The zero-order valence-electron chi connectivity index (χ0n) is 35.5. The zero-order valence-corrected chi connectivity index (χ0v) is 36.3. The fourth-order valence-corrected chi connectivity index (χ4v) is 13.2. The Balaban J connectivity index is 0.000000117. The number of hydrogen-bond donors (Lipinski definition) is 0. The molecule has 20 atom stereocenters. The van der Waals surface area contributed by atoms with Crippen molar-refractivity contribution in [2.45, 2.75) is 196 Å². The Morgan fingerprint density at radius 1 is 0.509 bits per heavy atom. The van der Waals surface area contributed by atoms with E-state index in [9.17, 15) is 0 Å². The lowest BCUT2D eigenvalue weighted by molar-refractivity contribution is -0.115. The molecule has 0 spiro atoms. The van der Waals surface area contributed by atoms with Gasteiger partial charge in [-0.3, -0.25) is 0 Å². The van der Waals surface area contributed by atoms with Crippen LogP contribution in [0.15, 0.2) is 0 Å². The molecule has 1 saturated carbocycles. The highest BCUT2D eigenvalue weighted by molar-refractivity contribution is 8.00. The molecule has 10 radical (unpaired) electrons. The van der Waals surface area contributed by atoms with Crippen molar-refractivity contribution in [3.63, 3.8) is 0 Å². The highest BCUT2D eigenvalue weighted by Gasteiger charge is 2.58. The van der Waals surface area contributed by atoms with Gasteiger partial charge in [0.25, 0.3) is 0 Å². The summed E-state index contributed by atoms with van der Waals surface area (Å²) in [6.07, 6.45) is 8.08. The SMILES string of the molecule is [B]C1OC2(CC)CCC1C2C.[B][C@@H]1O[C@@]2(C)CCOC1[C@H]2C.[B][C@@H]1O[C@@]2(CC)COC1[C@H]2C.[B][C@@H]1O[C@@]2(CC)CSC1[C@H]2C.[B][C@@H]1O[C@]2(CC)COC1[C@@H]2C. The summed E-state index contributed by atoms with van der Waals surface area (Å²) in [5.74, 6) is 4.46. The van der Waals surface area contributed by atoms with Crippen LogP contribution in [0.5, 0.6) is 0 Å². The first-order valence-electron chi connectivity index (χ1n) is 21.5. The third kappa shape index (κ3) is 7.78. The summed E-state index contributed by atoms with van der Waals surface area (Å²) in [4.78, 5) is 0. The summed E-state index contributed by atoms with van der Waals surface area (Å²) in [6, 6.07) is -0.586. The minimum absolute atomic E-state index is 0.0105. The fourth-order valence-electron chi connectivity index (χ4n) is 11.4. The van der Waals surface area contributed by atoms with Crippen molar-refractivity contribution in [2.24, 2.45) is 35.5 Å². The van der Waals surface area contributed by atoms with Crippen molar-refractivity contribution in [1.29, 1.82) is 0 Å². The molecule has 9 heterocycles. The van der Waals surface area contributed by atoms with Crippen LogP contribution in [0.2, 0.25) is 0 Å². The lowest BCUT2D eigenvalue weighted by Gasteiger charge is -2.33. The van der Waals surface area contributed by atoms with Gasteiger partial charge in [-0.2, -0.15) is 11.8 Å². The average Bonchev–Trinajstić information content (AvgIpc) is 4.04. The Labute approximate surface area is 344 Å². The number of thioether (sulfide) groups is 1. The van der Waals surface area contributed by atoms with E-state index in [2.05, 4.69) is 69.2 Å². The molecule has 0 aromatic rings. The van der Waals surface area contributed by atoms with E-state index >= 15 is 0 Å². The van der Waals surface area contributed by atoms with Gasteiger partial charge in [-0.15, -0.1) is 0 Å². The van der Waals surface area contributed by atoms with Gasteiger partial charge in [-0.1, -0.05) is 62.3 Å². The fraction of sp³-hybridized carbons (Fsp3) is 1.00. The van der Waals surface area contributed by atoms with E-state index in [0.717, 1.165) is 57.7 Å². The van der Waals surface area contributed by atoms with Crippen LogP contribution >= 0.6 is 11.8 Å². The predicted molar refractivity (Wildman–Crippen MR) is 222 cm³/mol. The van der Waals surface area contributed by atoms with Gasteiger partial charge in [0.15, 0.2) is 0 Å². The van der Waals surface area contributed by atoms with Crippen LogP contribution in [0.1, 0.15) is 114 Å². The first kappa shape index (κ1) is 44.9. The van der Waals surface area contributed by atoms with Crippen LogP contribution in [-0.2, 0) is 37.9 Å². The summed E-state index contributed by atoms with van der Waals surface area (Å²) >= 11 is 1.98. The van der Waals surface area contributed by atoms with Gasteiger partial charge in [-0.05, 0) is 69.6 Å². The van der Waals surface area contributed by atoms with Crippen LogP contribution in [0, 0.1) is 35.5 Å². The summed E-state index contributed by atoms with van der Waals surface area (Å²) in [5, 5.41) is 0.551. The minimum atomic E-state index is -0.211. The molecule has 55 heavy (non-hydrogen) atoms. The maximum Gasteiger partial charge on any atom is 0.112 e. The van der Waals surface area contributed by atoms with E-state index in [1.807, 2.05) is 11.8 Å². The molecule has 8 nitrogen and oxygen atoms in total. The van der Waals surface area contributed by atoms with Crippen molar-refractivity contribution in [1.82, 2.24) is 0 Å². The quantitative estimate of drug-likeness (QED) is 0.359. The molecule has 8 unspecified atom stereocenters. The lowest BCUT2D eigenvalue weighted by atomic mass is 9.80. The summed E-state index contributed by atoms with van der Waals surface area (Å²) in [6.45, 7) is 24.0. The van der Waals surface area contributed by atoms with Crippen molar-refractivity contribution in [3.8, 4) is 0 Å². The van der Waals surface area contributed by atoms with Gasteiger partial charge in [0, 0.05) is 65.4 Å². The summed E-state index contributed by atoms with van der Waals surface area (Å²) in [7, 11) is 28.9. The van der Waals surface area contributed by atoms with Gasteiger partial charge in [0.2, 0.25) is 0 Å². The van der Waals surface area contributed by atoms with E-state index in [0.29, 0.717) is 40.8 Å². The Kier molecular flexibility index (Phi) is 13.9. The smallest absolute Gasteiger partial charge is 0.112 e. The highest BCUT2D eigenvalue weighted by Crippen LogP contribution is 2.54. The standard InChI is InChI=1S/C9H15BO.3C8H13BO2.C8H13BOS/c1-3-9-5-4-7(6(9)2)8(10)11-9;1-5-6-7(9)11-8(5,2)3-4-10-6;2*1-3-8-4-10-6(5(8)2)7(9)11-8;1-3-8-4-11-6(5(8)2)7(9)10-8/h6-8H,3-5H2,1-2H3;4*5-7H,3-4H2,1-2H3/t;5-,6?,7-,8+;5-,6?,7+,8+;2*5-,6?,7-,8+/m.1011/s1. The molecule has 300 valence electrons. The van der Waals surface area contributed by atoms with E-state index in [4.69, 9.17) is 77.1 Å². The van der Waals surface area contributed by atoms with Crippen molar-refractivity contribution >= 4 is 51.0 Å². The third-order valence-corrected chi connectivity index (χ3v) is 18.0. The van der Waals surface area contributed by atoms with Crippen LogP contribution in [0.3, 0.4) is 0 Å². The van der Waals surface area contributed by atoms with Gasteiger partial charge >= 0.3 is 0 Å². The minimum Gasteiger partial charge on any atom is -0.381 e. The Hall–Kier alpha value is 0.355. The summed E-state index contributed by atoms with van der Waals surface area (Å²) in [5.41, 5.74) is 0.120. The molecule has 0 amide bonds. The molecule has 0 aromatic heterocycles. The molecule has 10 aliphatic rings. The monoisotopic (exact) mass is 775 g/mol.